The molecule has 114 valence electrons. The largest absolute Gasteiger partial charge is 0.378 e. The van der Waals surface area contributed by atoms with E-state index in [-0.39, 0.29) is 5.91 Å². The van der Waals surface area contributed by atoms with E-state index < -0.39 is 0 Å². The van der Waals surface area contributed by atoms with Crippen LogP contribution in [-0.2, 0) is 11.2 Å². The average Bonchev–Trinajstić information content (AvgIpc) is 2.45. The number of ether oxygens (including phenoxy) is 1. The van der Waals surface area contributed by atoms with Crippen molar-refractivity contribution in [2.24, 2.45) is 11.7 Å². The van der Waals surface area contributed by atoms with Crippen LogP contribution in [0.25, 0.3) is 0 Å². The third kappa shape index (κ3) is 3.44. The highest BCUT2D eigenvalue weighted by atomic mass is 16.5. The maximum Gasteiger partial charge on any atom is 0.248 e. The van der Waals surface area contributed by atoms with E-state index in [0.717, 1.165) is 37.5 Å². The van der Waals surface area contributed by atoms with Crippen LogP contribution in [0.3, 0.4) is 0 Å². The molecule has 0 radical (unpaired) electrons. The molecule has 0 bridgehead atoms. The lowest BCUT2D eigenvalue weighted by molar-refractivity contribution is -0.0739. The Morgan fingerprint density at radius 2 is 1.95 bits per heavy atom. The Kier molecular flexibility index (Phi) is 4.56. The fourth-order valence-corrected chi connectivity index (χ4v) is 3.38. The van der Waals surface area contributed by atoms with Crippen molar-refractivity contribution in [2.45, 2.75) is 31.7 Å². The smallest absolute Gasteiger partial charge is 0.248 e. The number of aryl methyl sites for hydroxylation is 1. The summed E-state index contributed by atoms with van der Waals surface area (Å²) < 4.78 is 5.27. The lowest BCUT2D eigenvalue weighted by atomic mass is 9.89. The fourth-order valence-electron chi connectivity index (χ4n) is 3.38. The van der Waals surface area contributed by atoms with Crippen LogP contribution < -0.4 is 5.73 Å². The van der Waals surface area contributed by atoms with Crippen LogP contribution >= 0.6 is 0 Å². The quantitative estimate of drug-likeness (QED) is 0.899. The summed E-state index contributed by atoms with van der Waals surface area (Å²) in [5.41, 5.74) is 7.22. The van der Waals surface area contributed by atoms with Crippen molar-refractivity contribution >= 4 is 5.91 Å². The standard InChI is InChI=1S/C17H24N2O2/c18-17(20)16-4-2-1-3-14(16)6-5-13-7-9-19(10-8-13)15-11-21-12-15/h1-4,13,15H,5-12H2,(H2,18,20). The van der Waals surface area contributed by atoms with Crippen LogP contribution in [0.5, 0.6) is 0 Å². The Morgan fingerprint density at radius 3 is 2.57 bits per heavy atom. The van der Waals surface area contributed by atoms with Crippen molar-refractivity contribution in [2.75, 3.05) is 26.3 Å². The molecule has 4 nitrogen and oxygen atoms in total. The summed E-state index contributed by atoms with van der Waals surface area (Å²) in [5.74, 6) is 0.452. The number of piperidine rings is 1. The Hall–Kier alpha value is -1.39. The summed E-state index contributed by atoms with van der Waals surface area (Å²) in [6.07, 6.45) is 4.63. The van der Waals surface area contributed by atoms with E-state index in [2.05, 4.69) is 4.90 Å². The molecule has 4 heteroatoms. The van der Waals surface area contributed by atoms with Gasteiger partial charge in [0, 0.05) is 5.56 Å². The lowest BCUT2D eigenvalue weighted by Crippen LogP contribution is -2.51. The molecule has 0 unspecified atom stereocenters. The fraction of sp³-hybridized carbons (Fsp3) is 0.588. The molecular weight excluding hydrogens is 264 g/mol. The number of hydrogen-bond donors (Lipinski definition) is 1. The Balaban J connectivity index is 1.49. The number of carbonyl (C=O) groups excluding carboxylic acids is 1. The molecule has 3 rings (SSSR count). The third-order valence-electron chi connectivity index (χ3n) is 4.89. The van der Waals surface area contributed by atoms with Gasteiger partial charge in [0.2, 0.25) is 5.91 Å². The summed E-state index contributed by atoms with van der Waals surface area (Å²) >= 11 is 0. The zero-order valence-electron chi connectivity index (χ0n) is 12.5. The minimum atomic E-state index is -0.314. The summed E-state index contributed by atoms with van der Waals surface area (Å²) in [6.45, 7) is 4.21. The second-order valence-corrected chi connectivity index (χ2v) is 6.23. The highest BCUT2D eigenvalue weighted by molar-refractivity contribution is 5.94. The predicted molar refractivity (Wildman–Crippen MR) is 82.2 cm³/mol. The number of likely N-dealkylation sites (tertiary alicyclic amines) is 1. The van der Waals surface area contributed by atoms with Crippen LogP contribution in [0.1, 0.15) is 35.2 Å². The maximum absolute atomic E-state index is 11.4. The van der Waals surface area contributed by atoms with Gasteiger partial charge in [-0.05, 0) is 56.3 Å². The number of primary amides is 1. The molecule has 21 heavy (non-hydrogen) atoms. The van der Waals surface area contributed by atoms with Gasteiger partial charge in [0.15, 0.2) is 0 Å². The van der Waals surface area contributed by atoms with Gasteiger partial charge in [0.25, 0.3) is 0 Å². The van der Waals surface area contributed by atoms with Gasteiger partial charge in [0.05, 0.1) is 19.3 Å². The topological polar surface area (TPSA) is 55.6 Å². The summed E-state index contributed by atoms with van der Waals surface area (Å²) in [7, 11) is 0. The van der Waals surface area contributed by atoms with Crippen LogP contribution in [0.15, 0.2) is 24.3 Å². The number of nitrogens with zero attached hydrogens (tertiary/aromatic N) is 1. The van der Waals surface area contributed by atoms with Crippen LogP contribution in [0.2, 0.25) is 0 Å². The lowest BCUT2D eigenvalue weighted by Gasteiger charge is -2.41. The number of carbonyl (C=O) groups is 1. The molecule has 0 spiro atoms. The van der Waals surface area contributed by atoms with Gasteiger partial charge < -0.3 is 10.5 Å². The van der Waals surface area contributed by atoms with Gasteiger partial charge in [-0.1, -0.05) is 18.2 Å². The molecule has 1 amide bonds. The first-order chi connectivity index (χ1) is 10.2. The van der Waals surface area contributed by atoms with Gasteiger partial charge in [-0.15, -0.1) is 0 Å². The number of benzene rings is 1. The molecule has 2 fully saturated rings. The molecule has 0 atom stereocenters. The monoisotopic (exact) mass is 288 g/mol. The van der Waals surface area contributed by atoms with Crippen molar-refractivity contribution in [3.05, 3.63) is 35.4 Å². The average molecular weight is 288 g/mol. The highest BCUT2D eigenvalue weighted by Crippen LogP contribution is 2.25. The van der Waals surface area contributed by atoms with Crippen molar-refractivity contribution < 1.29 is 9.53 Å². The number of hydrogen-bond acceptors (Lipinski definition) is 3. The van der Waals surface area contributed by atoms with Gasteiger partial charge in [-0.25, -0.2) is 0 Å². The Morgan fingerprint density at radius 1 is 1.24 bits per heavy atom. The minimum absolute atomic E-state index is 0.314. The predicted octanol–water partition coefficient (Wildman–Crippen LogP) is 1.83. The van der Waals surface area contributed by atoms with Crippen molar-refractivity contribution in [3.8, 4) is 0 Å². The molecule has 0 saturated carbocycles. The van der Waals surface area contributed by atoms with E-state index in [9.17, 15) is 4.79 Å². The van der Waals surface area contributed by atoms with Crippen molar-refractivity contribution in [3.63, 3.8) is 0 Å². The van der Waals surface area contributed by atoms with E-state index >= 15 is 0 Å². The van der Waals surface area contributed by atoms with Crippen molar-refractivity contribution in [1.29, 1.82) is 0 Å². The van der Waals surface area contributed by atoms with Gasteiger partial charge >= 0.3 is 0 Å². The van der Waals surface area contributed by atoms with Crippen LogP contribution in [-0.4, -0.2) is 43.2 Å². The molecule has 2 aliphatic heterocycles. The molecule has 0 aliphatic carbocycles. The number of nitrogens with two attached hydrogens (primary N) is 1. The highest BCUT2D eigenvalue weighted by Gasteiger charge is 2.29. The second-order valence-electron chi connectivity index (χ2n) is 6.23. The number of rotatable bonds is 5. The SMILES string of the molecule is NC(=O)c1ccccc1CCC1CCN(C2COC2)CC1. The number of amides is 1. The molecule has 2 saturated heterocycles. The first kappa shape index (κ1) is 14.5. The summed E-state index contributed by atoms with van der Waals surface area (Å²) in [5, 5.41) is 0. The van der Waals surface area contributed by atoms with Gasteiger partial charge in [0.1, 0.15) is 0 Å². The minimum Gasteiger partial charge on any atom is -0.378 e. The first-order valence-electron chi connectivity index (χ1n) is 7.93. The van der Waals surface area contributed by atoms with Gasteiger partial charge in [-0.2, -0.15) is 0 Å². The van der Waals surface area contributed by atoms with E-state index in [1.165, 1.54) is 25.9 Å². The summed E-state index contributed by atoms with van der Waals surface area (Å²) in [6, 6.07) is 8.39. The summed E-state index contributed by atoms with van der Waals surface area (Å²) in [4.78, 5) is 14.0. The molecule has 2 N–H and O–H groups in total. The van der Waals surface area contributed by atoms with E-state index in [1.54, 1.807) is 0 Å². The first-order valence-corrected chi connectivity index (χ1v) is 7.93. The van der Waals surface area contributed by atoms with Crippen molar-refractivity contribution in [1.82, 2.24) is 4.90 Å². The molecule has 1 aromatic rings. The zero-order chi connectivity index (χ0) is 14.7. The molecule has 0 aromatic heterocycles. The maximum atomic E-state index is 11.4. The Labute approximate surface area is 126 Å². The second kappa shape index (κ2) is 6.58. The molecule has 2 heterocycles. The normalized spacial score (nSPS) is 21.1. The van der Waals surface area contributed by atoms with Crippen LogP contribution in [0.4, 0.5) is 0 Å². The molecule has 2 aliphatic rings. The third-order valence-corrected chi connectivity index (χ3v) is 4.89. The van der Waals surface area contributed by atoms with Crippen LogP contribution in [0, 0.1) is 5.92 Å². The molecule has 1 aromatic carbocycles. The van der Waals surface area contributed by atoms with E-state index in [4.69, 9.17) is 10.5 Å². The Bertz CT molecular complexity index is 491. The zero-order valence-corrected chi connectivity index (χ0v) is 12.5. The van der Waals surface area contributed by atoms with E-state index in [0.29, 0.717) is 11.6 Å². The van der Waals surface area contributed by atoms with Gasteiger partial charge in [-0.3, -0.25) is 9.69 Å². The van der Waals surface area contributed by atoms with E-state index in [1.807, 2.05) is 24.3 Å². The molecular formula is C17H24N2O2.